The van der Waals surface area contributed by atoms with Crippen molar-refractivity contribution < 1.29 is 9.84 Å². The van der Waals surface area contributed by atoms with E-state index in [1.807, 2.05) is 18.2 Å². The molecule has 2 rings (SSSR count). The summed E-state index contributed by atoms with van der Waals surface area (Å²) in [6.07, 6.45) is 3.63. The van der Waals surface area contributed by atoms with Crippen molar-refractivity contribution in [3.8, 4) is 5.75 Å². The van der Waals surface area contributed by atoms with Crippen molar-refractivity contribution in [1.82, 2.24) is 4.90 Å². The second-order valence-corrected chi connectivity index (χ2v) is 5.17. The normalized spacial score (nSPS) is 19.5. The summed E-state index contributed by atoms with van der Waals surface area (Å²) in [5.41, 5.74) is 1.06. The highest BCUT2D eigenvalue weighted by Crippen LogP contribution is 2.32. The first-order chi connectivity index (χ1) is 9.26. The highest BCUT2D eigenvalue weighted by Gasteiger charge is 2.26. The minimum Gasteiger partial charge on any atom is -0.508 e. The molecule has 1 aromatic rings. The number of ether oxygens (including phenoxy) is 1. The van der Waals surface area contributed by atoms with Gasteiger partial charge in [-0.2, -0.15) is 0 Å². The maximum atomic E-state index is 10.0. The third-order valence-electron chi connectivity index (χ3n) is 4.00. The van der Waals surface area contributed by atoms with E-state index in [0.717, 1.165) is 44.5 Å². The minimum atomic E-state index is 0.323. The van der Waals surface area contributed by atoms with Gasteiger partial charge in [-0.15, -0.1) is 0 Å². The Kier molecular flexibility index (Phi) is 5.23. The molecule has 1 N–H and O–H groups in total. The van der Waals surface area contributed by atoms with Crippen LogP contribution in [0, 0.1) is 0 Å². The fourth-order valence-electron chi connectivity index (χ4n) is 3.03. The van der Waals surface area contributed by atoms with Crippen molar-refractivity contribution in [2.45, 2.75) is 45.3 Å². The molecule has 1 heterocycles. The first kappa shape index (κ1) is 14.4. The van der Waals surface area contributed by atoms with E-state index in [1.165, 1.54) is 0 Å². The average Bonchev–Trinajstić information content (AvgIpc) is 2.44. The van der Waals surface area contributed by atoms with Crippen LogP contribution in [-0.2, 0) is 4.74 Å². The van der Waals surface area contributed by atoms with Crippen molar-refractivity contribution in [3.05, 3.63) is 29.8 Å². The van der Waals surface area contributed by atoms with E-state index in [0.29, 0.717) is 17.9 Å². The van der Waals surface area contributed by atoms with Gasteiger partial charge in [0.1, 0.15) is 5.75 Å². The molecule has 1 aromatic carbocycles. The lowest BCUT2D eigenvalue weighted by Gasteiger charge is -2.37. The summed E-state index contributed by atoms with van der Waals surface area (Å²) in [5, 5.41) is 10.0. The number of piperidine rings is 1. The number of para-hydroxylation sites is 1. The fraction of sp³-hybridized carbons (Fsp3) is 0.625. The lowest BCUT2D eigenvalue weighted by Crippen LogP contribution is -2.39. The molecule has 0 bridgehead atoms. The van der Waals surface area contributed by atoms with Gasteiger partial charge >= 0.3 is 0 Å². The topological polar surface area (TPSA) is 32.7 Å². The van der Waals surface area contributed by atoms with Crippen LogP contribution in [-0.4, -0.2) is 35.8 Å². The summed E-state index contributed by atoms with van der Waals surface area (Å²) in [6, 6.07) is 8.03. The van der Waals surface area contributed by atoms with Crippen molar-refractivity contribution in [2.24, 2.45) is 0 Å². The first-order valence-electron chi connectivity index (χ1n) is 7.39. The molecule has 0 aromatic heterocycles. The van der Waals surface area contributed by atoms with Crippen molar-refractivity contribution in [3.63, 3.8) is 0 Å². The maximum Gasteiger partial charge on any atom is 0.120 e. The molecular weight excluding hydrogens is 238 g/mol. The van der Waals surface area contributed by atoms with Crippen LogP contribution in [0.25, 0.3) is 0 Å². The molecule has 1 saturated heterocycles. The number of phenolic OH excluding ortho intramolecular Hbond substituents is 1. The maximum absolute atomic E-state index is 10.0. The number of aromatic hydroxyl groups is 1. The molecule has 106 valence electrons. The van der Waals surface area contributed by atoms with Crippen LogP contribution >= 0.6 is 0 Å². The molecule has 1 atom stereocenters. The van der Waals surface area contributed by atoms with Gasteiger partial charge < -0.3 is 9.84 Å². The quantitative estimate of drug-likeness (QED) is 0.884. The van der Waals surface area contributed by atoms with E-state index in [4.69, 9.17) is 4.74 Å². The molecule has 3 nitrogen and oxygen atoms in total. The average molecular weight is 263 g/mol. The summed E-state index contributed by atoms with van der Waals surface area (Å²) in [7, 11) is 0. The molecule has 0 amide bonds. The summed E-state index contributed by atoms with van der Waals surface area (Å²) in [4.78, 5) is 2.48. The molecule has 1 aliphatic heterocycles. The standard InChI is InChI=1S/C16H25NO2/c1-3-15(14-7-5-6-8-16(14)18)17-11-9-13(10-12-17)19-4-2/h5-8,13,15,18H,3-4,9-12H2,1-2H3. The Balaban J connectivity index is 2.02. The fourth-order valence-corrected chi connectivity index (χ4v) is 3.03. The Labute approximate surface area is 116 Å². The van der Waals surface area contributed by atoms with Crippen LogP contribution in [0.2, 0.25) is 0 Å². The van der Waals surface area contributed by atoms with E-state index < -0.39 is 0 Å². The number of hydrogen-bond acceptors (Lipinski definition) is 3. The highest BCUT2D eigenvalue weighted by molar-refractivity contribution is 5.34. The molecule has 0 radical (unpaired) electrons. The second kappa shape index (κ2) is 6.92. The van der Waals surface area contributed by atoms with Crippen molar-refractivity contribution in [2.75, 3.05) is 19.7 Å². The van der Waals surface area contributed by atoms with Crippen LogP contribution in [0.4, 0.5) is 0 Å². The number of benzene rings is 1. The summed E-state index contributed by atoms with van der Waals surface area (Å²) < 4.78 is 5.70. The van der Waals surface area contributed by atoms with Crippen LogP contribution in [0.5, 0.6) is 5.75 Å². The number of rotatable bonds is 5. The minimum absolute atomic E-state index is 0.323. The Hall–Kier alpha value is -1.06. The van der Waals surface area contributed by atoms with Gasteiger partial charge in [0.05, 0.1) is 6.10 Å². The third kappa shape index (κ3) is 3.48. The van der Waals surface area contributed by atoms with Crippen molar-refractivity contribution in [1.29, 1.82) is 0 Å². The van der Waals surface area contributed by atoms with Gasteiger partial charge in [-0.05, 0) is 32.3 Å². The predicted octanol–water partition coefficient (Wildman–Crippen LogP) is 3.34. The lowest BCUT2D eigenvalue weighted by atomic mass is 9.98. The van der Waals surface area contributed by atoms with E-state index in [-0.39, 0.29) is 0 Å². The molecule has 1 unspecified atom stereocenters. The summed E-state index contributed by atoms with van der Waals surface area (Å²) >= 11 is 0. The smallest absolute Gasteiger partial charge is 0.120 e. The Bertz CT molecular complexity index is 386. The lowest BCUT2D eigenvalue weighted by molar-refractivity contribution is 0.00292. The monoisotopic (exact) mass is 263 g/mol. The van der Waals surface area contributed by atoms with E-state index in [1.54, 1.807) is 6.07 Å². The van der Waals surface area contributed by atoms with Gasteiger partial charge in [0.25, 0.3) is 0 Å². The molecule has 0 aliphatic carbocycles. The zero-order valence-electron chi connectivity index (χ0n) is 12.0. The molecule has 19 heavy (non-hydrogen) atoms. The zero-order valence-corrected chi connectivity index (χ0v) is 12.0. The van der Waals surface area contributed by atoms with Gasteiger partial charge in [0.2, 0.25) is 0 Å². The number of nitrogens with zero attached hydrogens (tertiary/aromatic N) is 1. The number of likely N-dealkylation sites (tertiary alicyclic amines) is 1. The second-order valence-electron chi connectivity index (χ2n) is 5.17. The molecular formula is C16H25NO2. The van der Waals surface area contributed by atoms with Crippen LogP contribution in [0.15, 0.2) is 24.3 Å². The first-order valence-corrected chi connectivity index (χ1v) is 7.39. The van der Waals surface area contributed by atoms with Gasteiger partial charge in [-0.3, -0.25) is 4.90 Å². The Morgan fingerprint density at radius 1 is 1.26 bits per heavy atom. The summed E-state index contributed by atoms with van der Waals surface area (Å²) in [6.45, 7) is 7.16. The van der Waals surface area contributed by atoms with Crippen LogP contribution < -0.4 is 0 Å². The SMILES string of the molecule is CCOC1CCN(C(CC)c2ccccc2O)CC1. The van der Waals surface area contributed by atoms with Crippen LogP contribution in [0.3, 0.4) is 0 Å². The molecule has 1 aliphatic rings. The molecule has 0 saturated carbocycles. The van der Waals surface area contributed by atoms with E-state index >= 15 is 0 Å². The number of phenols is 1. The third-order valence-corrected chi connectivity index (χ3v) is 4.00. The summed E-state index contributed by atoms with van der Waals surface area (Å²) in [5.74, 6) is 0.418. The van der Waals surface area contributed by atoms with Crippen molar-refractivity contribution >= 4 is 0 Å². The van der Waals surface area contributed by atoms with E-state index in [2.05, 4.69) is 18.7 Å². The van der Waals surface area contributed by atoms with Gasteiger partial charge in [0, 0.05) is 31.3 Å². The Morgan fingerprint density at radius 2 is 1.95 bits per heavy atom. The van der Waals surface area contributed by atoms with E-state index in [9.17, 15) is 5.11 Å². The molecule has 3 heteroatoms. The molecule has 1 fully saturated rings. The van der Waals surface area contributed by atoms with Gasteiger partial charge in [-0.25, -0.2) is 0 Å². The van der Waals surface area contributed by atoms with Gasteiger partial charge in [-0.1, -0.05) is 25.1 Å². The number of hydrogen-bond donors (Lipinski definition) is 1. The van der Waals surface area contributed by atoms with Crippen LogP contribution in [0.1, 0.15) is 44.7 Å². The highest BCUT2D eigenvalue weighted by atomic mass is 16.5. The largest absolute Gasteiger partial charge is 0.508 e. The predicted molar refractivity (Wildman–Crippen MR) is 77.4 cm³/mol. The van der Waals surface area contributed by atoms with Gasteiger partial charge in [0.15, 0.2) is 0 Å². The Morgan fingerprint density at radius 3 is 2.53 bits per heavy atom. The molecule has 0 spiro atoms. The zero-order chi connectivity index (χ0) is 13.7.